The van der Waals surface area contributed by atoms with Crippen LogP contribution in [-0.4, -0.2) is 43.7 Å². The molecule has 9 heteroatoms. The fourth-order valence-corrected chi connectivity index (χ4v) is 3.34. The Balaban J connectivity index is 1.87. The van der Waals surface area contributed by atoms with Crippen molar-refractivity contribution in [3.8, 4) is 17.1 Å². The number of aromatic hydroxyl groups is 1. The third-order valence-electron chi connectivity index (χ3n) is 4.74. The summed E-state index contributed by atoms with van der Waals surface area (Å²) in [5.74, 6) is -0.215. The molecule has 1 saturated heterocycles. The van der Waals surface area contributed by atoms with Crippen molar-refractivity contribution in [1.29, 1.82) is 0 Å². The molecule has 2 aromatic heterocycles. The van der Waals surface area contributed by atoms with Gasteiger partial charge in [-0.1, -0.05) is 12.1 Å². The van der Waals surface area contributed by atoms with Crippen LogP contribution < -0.4 is 11.4 Å². The lowest BCUT2D eigenvalue weighted by Gasteiger charge is -2.22. The lowest BCUT2D eigenvalue weighted by molar-refractivity contribution is 0.0613. The SMILES string of the molecule is NC(=O)c1nc(-c2cccc(O)c2)nc2c1[nH]c(=O)n2CC1CCOCC1. The Morgan fingerprint density at radius 1 is 1.33 bits per heavy atom. The van der Waals surface area contributed by atoms with E-state index in [1.54, 1.807) is 12.1 Å². The first kappa shape index (κ1) is 17.2. The van der Waals surface area contributed by atoms with Gasteiger partial charge in [-0.15, -0.1) is 0 Å². The summed E-state index contributed by atoms with van der Waals surface area (Å²) in [6, 6.07) is 6.36. The van der Waals surface area contributed by atoms with Crippen LogP contribution in [0.1, 0.15) is 23.3 Å². The lowest BCUT2D eigenvalue weighted by Crippen LogP contribution is -2.26. The van der Waals surface area contributed by atoms with E-state index >= 15 is 0 Å². The average Bonchev–Trinajstić information content (AvgIpc) is 2.97. The second-order valence-corrected chi connectivity index (χ2v) is 6.61. The maximum absolute atomic E-state index is 12.5. The molecule has 0 aliphatic carbocycles. The summed E-state index contributed by atoms with van der Waals surface area (Å²) >= 11 is 0. The summed E-state index contributed by atoms with van der Waals surface area (Å²) in [4.78, 5) is 35.8. The Labute approximate surface area is 153 Å². The minimum atomic E-state index is -0.761. The number of H-pyrrole nitrogens is 1. The van der Waals surface area contributed by atoms with Crippen molar-refractivity contribution in [2.75, 3.05) is 13.2 Å². The Morgan fingerprint density at radius 3 is 2.81 bits per heavy atom. The normalized spacial score (nSPS) is 15.3. The van der Waals surface area contributed by atoms with E-state index in [4.69, 9.17) is 10.5 Å². The smallest absolute Gasteiger partial charge is 0.327 e. The van der Waals surface area contributed by atoms with Crippen LogP contribution >= 0.6 is 0 Å². The molecule has 1 aliphatic heterocycles. The van der Waals surface area contributed by atoms with Crippen LogP contribution in [0.15, 0.2) is 29.1 Å². The Hall–Kier alpha value is -3.20. The number of hydrogen-bond donors (Lipinski definition) is 3. The Bertz CT molecular complexity index is 1070. The predicted octanol–water partition coefficient (Wildman–Crippen LogP) is 1.02. The highest BCUT2D eigenvalue weighted by atomic mass is 16.5. The van der Waals surface area contributed by atoms with Crippen LogP contribution in [-0.2, 0) is 11.3 Å². The minimum absolute atomic E-state index is 0.0467. The second-order valence-electron chi connectivity index (χ2n) is 6.61. The van der Waals surface area contributed by atoms with E-state index in [-0.39, 0.29) is 34.4 Å². The van der Waals surface area contributed by atoms with Gasteiger partial charge in [-0.3, -0.25) is 9.36 Å². The zero-order valence-electron chi connectivity index (χ0n) is 14.5. The molecule has 1 aromatic carbocycles. The van der Waals surface area contributed by atoms with Crippen LogP contribution in [0.5, 0.6) is 5.75 Å². The number of amides is 1. The van der Waals surface area contributed by atoms with E-state index in [2.05, 4.69) is 15.0 Å². The summed E-state index contributed by atoms with van der Waals surface area (Å²) in [5.41, 5.74) is 6.13. The number of carbonyl (C=O) groups excluding carboxylic acids is 1. The summed E-state index contributed by atoms with van der Waals surface area (Å²) in [7, 11) is 0. The molecule has 0 bridgehead atoms. The molecule has 0 unspecified atom stereocenters. The minimum Gasteiger partial charge on any atom is -0.508 e. The van der Waals surface area contributed by atoms with Crippen LogP contribution in [0.25, 0.3) is 22.6 Å². The molecule has 4 rings (SSSR count). The molecule has 3 aromatic rings. The fraction of sp³-hybridized carbons (Fsp3) is 0.333. The number of aromatic amines is 1. The van der Waals surface area contributed by atoms with E-state index in [1.165, 1.54) is 16.7 Å². The van der Waals surface area contributed by atoms with E-state index in [0.29, 0.717) is 31.0 Å². The molecule has 1 amide bonds. The zero-order valence-corrected chi connectivity index (χ0v) is 14.5. The van der Waals surface area contributed by atoms with Gasteiger partial charge in [-0.2, -0.15) is 0 Å². The van der Waals surface area contributed by atoms with E-state index < -0.39 is 5.91 Å². The molecule has 3 heterocycles. The van der Waals surface area contributed by atoms with Gasteiger partial charge in [-0.25, -0.2) is 14.8 Å². The third-order valence-corrected chi connectivity index (χ3v) is 4.74. The van der Waals surface area contributed by atoms with E-state index in [1.807, 2.05) is 0 Å². The Kier molecular flexibility index (Phi) is 4.36. The molecule has 0 atom stereocenters. The number of phenolic OH excluding ortho intramolecular Hbond substituents is 1. The highest BCUT2D eigenvalue weighted by Gasteiger charge is 2.22. The first-order valence-electron chi connectivity index (χ1n) is 8.70. The first-order chi connectivity index (χ1) is 13.0. The number of rotatable bonds is 4. The number of nitrogens with two attached hydrogens (primary N) is 1. The fourth-order valence-electron chi connectivity index (χ4n) is 3.34. The zero-order chi connectivity index (χ0) is 19.0. The highest BCUT2D eigenvalue weighted by Crippen LogP contribution is 2.24. The summed E-state index contributed by atoms with van der Waals surface area (Å²) in [6.45, 7) is 1.80. The van der Waals surface area contributed by atoms with Gasteiger partial charge in [0.25, 0.3) is 5.91 Å². The van der Waals surface area contributed by atoms with E-state index in [9.17, 15) is 14.7 Å². The number of nitrogens with one attached hydrogen (secondary N) is 1. The van der Waals surface area contributed by atoms with Gasteiger partial charge in [0.15, 0.2) is 17.2 Å². The number of carbonyl (C=O) groups is 1. The number of ether oxygens (including phenoxy) is 1. The van der Waals surface area contributed by atoms with Gasteiger partial charge in [0.1, 0.15) is 11.3 Å². The molecular weight excluding hydrogens is 350 g/mol. The maximum atomic E-state index is 12.5. The van der Waals surface area contributed by atoms with Gasteiger partial charge in [-0.05, 0) is 30.9 Å². The first-order valence-corrected chi connectivity index (χ1v) is 8.70. The van der Waals surface area contributed by atoms with Crippen molar-refractivity contribution >= 4 is 17.1 Å². The third kappa shape index (κ3) is 3.28. The molecular formula is C18H19N5O4. The van der Waals surface area contributed by atoms with Crippen molar-refractivity contribution in [1.82, 2.24) is 19.5 Å². The van der Waals surface area contributed by atoms with Gasteiger partial charge in [0.05, 0.1) is 0 Å². The topological polar surface area (TPSA) is 136 Å². The molecule has 4 N–H and O–H groups in total. The van der Waals surface area contributed by atoms with Crippen molar-refractivity contribution < 1.29 is 14.6 Å². The van der Waals surface area contributed by atoms with Gasteiger partial charge in [0.2, 0.25) is 0 Å². The van der Waals surface area contributed by atoms with Gasteiger partial charge in [0, 0.05) is 25.3 Å². The number of phenols is 1. The number of imidazole rings is 1. The largest absolute Gasteiger partial charge is 0.508 e. The predicted molar refractivity (Wildman–Crippen MR) is 97.3 cm³/mol. The number of hydrogen-bond acceptors (Lipinski definition) is 6. The number of nitrogens with zero attached hydrogens (tertiary/aromatic N) is 3. The molecule has 140 valence electrons. The average molecular weight is 369 g/mol. The molecule has 1 fully saturated rings. The monoisotopic (exact) mass is 369 g/mol. The van der Waals surface area contributed by atoms with Crippen molar-refractivity contribution in [2.45, 2.75) is 19.4 Å². The second kappa shape index (κ2) is 6.84. The number of benzene rings is 1. The quantitative estimate of drug-likeness (QED) is 0.628. The number of fused-ring (bicyclic) bond motifs is 1. The molecule has 9 nitrogen and oxygen atoms in total. The molecule has 1 aliphatic rings. The molecule has 0 saturated carbocycles. The van der Waals surface area contributed by atoms with Crippen molar-refractivity contribution in [2.24, 2.45) is 11.7 Å². The van der Waals surface area contributed by atoms with Crippen LogP contribution in [0.2, 0.25) is 0 Å². The van der Waals surface area contributed by atoms with Gasteiger partial charge >= 0.3 is 5.69 Å². The summed E-state index contributed by atoms with van der Waals surface area (Å²) < 4.78 is 6.89. The van der Waals surface area contributed by atoms with E-state index in [0.717, 1.165) is 12.8 Å². The highest BCUT2D eigenvalue weighted by molar-refractivity contribution is 6.01. The van der Waals surface area contributed by atoms with Crippen LogP contribution in [0.3, 0.4) is 0 Å². The summed E-state index contributed by atoms with van der Waals surface area (Å²) in [5, 5.41) is 9.72. The van der Waals surface area contributed by atoms with Crippen molar-refractivity contribution in [3.63, 3.8) is 0 Å². The molecule has 27 heavy (non-hydrogen) atoms. The van der Waals surface area contributed by atoms with Crippen LogP contribution in [0, 0.1) is 5.92 Å². The number of primary amides is 1. The van der Waals surface area contributed by atoms with Gasteiger partial charge < -0.3 is 20.6 Å². The molecule has 0 radical (unpaired) electrons. The Morgan fingerprint density at radius 2 is 2.11 bits per heavy atom. The maximum Gasteiger partial charge on any atom is 0.327 e. The van der Waals surface area contributed by atoms with Crippen LogP contribution in [0.4, 0.5) is 0 Å². The lowest BCUT2D eigenvalue weighted by atomic mass is 10.0. The number of aromatic nitrogens is 4. The molecule has 0 spiro atoms. The van der Waals surface area contributed by atoms with Crippen molar-refractivity contribution in [3.05, 3.63) is 40.4 Å². The summed E-state index contributed by atoms with van der Waals surface area (Å²) in [6.07, 6.45) is 1.71. The standard InChI is InChI=1S/C18H19N5O4/c19-15(25)13-14-17(22-16(20-13)11-2-1-3-12(24)8-11)23(18(26)21-14)9-10-4-6-27-7-5-10/h1-3,8,10,24H,4-7,9H2,(H2,19,25)(H,21,26).